The van der Waals surface area contributed by atoms with Crippen LogP contribution in [0.25, 0.3) is 11.1 Å². The summed E-state index contributed by atoms with van der Waals surface area (Å²) in [5.41, 5.74) is 1.55. The van der Waals surface area contributed by atoms with E-state index in [0.717, 1.165) is 0 Å². The highest BCUT2D eigenvalue weighted by Crippen LogP contribution is 2.18. The molecule has 0 aliphatic rings. The summed E-state index contributed by atoms with van der Waals surface area (Å²) in [4.78, 5) is 4.06. The standard InChI is InChI=1S/C10H5N3O/c11-5-4-9-13-10-7(6-12)2-1-3-8(10)14-9/h1-3H,4H2. The van der Waals surface area contributed by atoms with Crippen LogP contribution in [-0.2, 0) is 6.42 Å². The first-order chi connectivity index (χ1) is 6.85. The Labute approximate surface area is 80.0 Å². The van der Waals surface area contributed by atoms with Crippen LogP contribution in [0.2, 0.25) is 0 Å². The minimum Gasteiger partial charge on any atom is -0.440 e. The van der Waals surface area contributed by atoms with Crippen LogP contribution >= 0.6 is 0 Å². The molecule has 2 aromatic rings. The fourth-order valence-corrected chi connectivity index (χ4v) is 1.23. The first kappa shape index (κ1) is 8.28. The molecule has 0 atom stereocenters. The van der Waals surface area contributed by atoms with Gasteiger partial charge in [0, 0.05) is 0 Å². The van der Waals surface area contributed by atoms with E-state index in [1.54, 1.807) is 18.2 Å². The van der Waals surface area contributed by atoms with E-state index in [9.17, 15) is 0 Å². The van der Waals surface area contributed by atoms with E-state index in [4.69, 9.17) is 14.9 Å². The van der Waals surface area contributed by atoms with Gasteiger partial charge in [-0.15, -0.1) is 0 Å². The third kappa shape index (κ3) is 1.19. The van der Waals surface area contributed by atoms with Gasteiger partial charge in [0.15, 0.2) is 5.58 Å². The third-order valence-electron chi connectivity index (χ3n) is 1.81. The zero-order valence-electron chi connectivity index (χ0n) is 7.19. The van der Waals surface area contributed by atoms with Crippen molar-refractivity contribution in [3.63, 3.8) is 0 Å². The molecule has 4 nitrogen and oxygen atoms in total. The molecule has 0 amide bonds. The Morgan fingerprint density at radius 2 is 2.21 bits per heavy atom. The van der Waals surface area contributed by atoms with Crippen LogP contribution in [0, 0.1) is 22.7 Å². The van der Waals surface area contributed by atoms with E-state index >= 15 is 0 Å². The van der Waals surface area contributed by atoms with Crippen molar-refractivity contribution in [3.8, 4) is 12.1 Å². The van der Waals surface area contributed by atoms with Gasteiger partial charge in [-0.25, -0.2) is 4.98 Å². The van der Waals surface area contributed by atoms with E-state index in [-0.39, 0.29) is 6.42 Å². The average Bonchev–Trinajstić information content (AvgIpc) is 2.60. The summed E-state index contributed by atoms with van der Waals surface area (Å²) in [7, 11) is 0. The number of hydrogen-bond donors (Lipinski definition) is 0. The van der Waals surface area contributed by atoms with Crippen molar-refractivity contribution in [1.82, 2.24) is 4.98 Å². The van der Waals surface area contributed by atoms with Crippen LogP contribution in [0.1, 0.15) is 11.5 Å². The van der Waals surface area contributed by atoms with Gasteiger partial charge in [-0.3, -0.25) is 0 Å². The Morgan fingerprint density at radius 3 is 2.93 bits per heavy atom. The molecular weight excluding hydrogens is 178 g/mol. The molecule has 1 aromatic carbocycles. The molecule has 0 saturated carbocycles. The van der Waals surface area contributed by atoms with Gasteiger partial charge in [0.25, 0.3) is 0 Å². The van der Waals surface area contributed by atoms with Gasteiger partial charge in [-0.05, 0) is 12.1 Å². The second-order valence-electron chi connectivity index (χ2n) is 2.71. The Hall–Kier alpha value is -2.33. The van der Waals surface area contributed by atoms with Gasteiger partial charge in [-0.1, -0.05) is 6.07 Å². The van der Waals surface area contributed by atoms with Gasteiger partial charge in [-0.2, -0.15) is 10.5 Å². The molecule has 0 aliphatic heterocycles. The van der Waals surface area contributed by atoms with E-state index < -0.39 is 0 Å². The van der Waals surface area contributed by atoms with Crippen molar-refractivity contribution in [2.45, 2.75) is 6.42 Å². The van der Waals surface area contributed by atoms with Gasteiger partial charge in [0.2, 0.25) is 5.89 Å². The lowest BCUT2D eigenvalue weighted by molar-refractivity contribution is 0.548. The number of aromatic nitrogens is 1. The highest BCUT2D eigenvalue weighted by Gasteiger charge is 2.08. The summed E-state index contributed by atoms with van der Waals surface area (Å²) >= 11 is 0. The highest BCUT2D eigenvalue weighted by atomic mass is 16.3. The monoisotopic (exact) mass is 183 g/mol. The van der Waals surface area contributed by atoms with Gasteiger partial charge in [0.1, 0.15) is 18.0 Å². The topological polar surface area (TPSA) is 73.6 Å². The Kier molecular flexibility index (Phi) is 1.89. The molecule has 0 spiro atoms. The third-order valence-corrected chi connectivity index (χ3v) is 1.81. The number of nitrogens with zero attached hydrogens (tertiary/aromatic N) is 3. The molecule has 4 heteroatoms. The molecule has 0 saturated heterocycles. The molecular formula is C10H5N3O. The molecule has 2 rings (SSSR count). The second-order valence-corrected chi connectivity index (χ2v) is 2.71. The number of rotatable bonds is 1. The van der Waals surface area contributed by atoms with Crippen molar-refractivity contribution < 1.29 is 4.42 Å². The predicted molar refractivity (Wildman–Crippen MR) is 48.0 cm³/mol. The van der Waals surface area contributed by atoms with Crippen molar-refractivity contribution in [3.05, 3.63) is 29.7 Å². The second kappa shape index (κ2) is 3.20. The number of benzene rings is 1. The summed E-state index contributed by atoms with van der Waals surface area (Å²) in [6.45, 7) is 0. The number of nitriles is 2. The average molecular weight is 183 g/mol. The SMILES string of the molecule is N#CCc1nc2c(C#N)cccc2o1. The van der Waals surface area contributed by atoms with Crippen LogP contribution in [0.15, 0.2) is 22.6 Å². The van der Waals surface area contributed by atoms with Crippen LogP contribution in [-0.4, -0.2) is 4.98 Å². The number of para-hydroxylation sites is 1. The number of fused-ring (bicyclic) bond motifs is 1. The summed E-state index contributed by atoms with van der Waals surface area (Å²) in [6.07, 6.45) is 0.125. The molecule has 1 heterocycles. The largest absolute Gasteiger partial charge is 0.440 e. The predicted octanol–water partition coefficient (Wildman–Crippen LogP) is 1.77. The molecule has 1 aromatic heterocycles. The molecule has 0 radical (unpaired) electrons. The summed E-state index contributed by atoms with van der Waals surface area (Å²) in [6, 6.07) is 9.08. The van der Waals surface area contributed by atoms with E-state index in [1.807, 2.05) is 12.1 Å². The number of hydrogen-bond acceptors (Lipinski definition) is 4. The lowest BCUT2D eigenvalue weighted by atomic mass is 10.2. The Balaban J connectivity index is 2.67. The minimum absolute atomic E-state index is 0.125. The lowest BCUT2D eigenvalue weighted by Crippen LogP contribution is -1.80. The normalized spacial score (nSPS) is 9.57. The van der Waals surface area contributed by atoms with Crippen LogP contribution in [0.3, 0.4) is 0 Å². The summed E-state index contributed by atoms with van der Waals surface area (Å²) < 4.78 is 5.27. The molecule has 14 heavy (non-hydrogen) atoms. The minimum atomic E-state index is 0.125. The zero-order valence-corrected chi connectivity index (χ0v) is 7.19. The first-order valence-electron chi connectivity index (χ1n) is 4.00. The first-order valence-corrected chi connectivity index (χ1v) is 4.00. The molecule has 0 unspecified atom stereocenters. The van der Waals surface area contributed by atoms with Crippen molar-refractivity contribution in [2.75, 3.05) is 0 Å². The van der Waals surface area contributed by atoms with Crippen molar-refractivity contribution in [2.24, 2.45) is 0 Å². The molecule has 0 fully saturated rings. The summed E-state index contributed by atoms with van der Waals surface area (Å²) in [5.74, 6) is 0.352. The zero-order chi connectivity index (χ0) is 9.97. The van der Waals surface area contributed by atoms with Gasteiger partial charge < -0.3 is 4.42 Å². The number of oxazole rings is 1. The fourth-order valence-electron chi connectivity index (χ4n) is 1.23. The molecule has 0 aliphatic carbocycles. The van der Waals surface area contributed by atoms with E-state index in [0.29, 0.717) is 22.6 Å². The quantitative estimate of drug-likeness (QED) is 0.675. The van der Waals surface area contributed by atoms with Gasteiger partial charge >= 0.3 is 0 Å². The van der Waals surface area contributed by atoms with Crippen LogP contribution in [0.5, 0.6) is 0 Å². The molecule has 0 bridgehead atoms. The molecule has 66 valence electrons. The van der Waals surface area contributed by atoms with Crippen molar-refractivity contribution in [1.29, 1.82) is 10.5 Å². The lowest BCUT2D eigenvalue weighted by Gasteiger charge is -1.86. The highest BCUT2D eigenvalue weighted by molar-refractivity contribution is 5.79. The van der Waals surface area contributed by atoms with Crippen molar-refractivity contribution >= 4 is 11.1 Å². The van der Waals surface area contributed by atoms with Crippen LogP contribution in [0.4, 0.5) is 0 Å². The maximum atomic E-state index is 8.78. The maximum Gasteiger partial charge on any atom is 0.209 e. The smallest absolute Gasteiger partial charge is 0.209 e. The maximum absolute atomic E-state index is 8.78. The summed E-state index contributed by atoms with van der Waals surface area (Å²) in [5, 5.41) is 17.2. The van der Waals surface area contributed by atoms with Crippen LogP contribution < -0.4 is 0 Å². The van der Waals surface area contributed by atoms with E-state index in [2.05, 4.69) is 4.98 Å². The Bertz CT molecular complexity index is 557. The Morgan fingerprint density at radius 1 is 1.36 bits per heavy atom. The van der Waals surface area contributed by atoms with E-state index in [1.165, 1.54) is 0 Å². The molecule has 0 N–H and O–H groups in total. The van der Waals surface area contributed by atoms with Gasteiger partial charge in [0.05, 0.1) is 11.6 Å². The fraction of sp³-hybridized carbons (Fsp3) is 0.100.